The van der Waals surface area contributed by atoms with E-state index in [2.05, 4.69) is 10.3 Å². The first-order valence-corrected chi connectivity index (χ1v) is 16.3. The Hall–Kier alpha value is -4.80. The van der Waals surface area contributed by atoms with E-state index in [1.165, 1.54) is 0 Å². The van der Waals surface area contributed by atoms with E-state index in [1.807, 2.05) is 84.9 Å². The maximum absolute atomic E-state index is 12.6. The van der Waals surface area contributed by atoms with Crippen LogP contribution in [0.4, 0.5) is 0 Å². The van der Waals surface area contributed by atoms with Gasteiger partial charge in [-0.1, -0.05) is 72.8 Å². The van der Waals surface area contributed by atoms with Crippen molar-refractivity contribution in [3.05, 3.63) is 155 Å². The number of aromatic nitrogens is 1. The van der Waals surface area contributed by atoms with E-state index >= 15 is 0 Å². The monoisotopic (exact) mass is 646 g/mol. The van der Waals surface area contributed by atoms with Crippen LogP contribution in [0.2, 0.25) is 0 Å². The molecular formula is C38H34N2O6S. The van der Waals surface area contributed by atoms with E-state index < -0.39 is 12.3 Å². The topological polar surface area (TPSA) is 118 Å². The Bertz CT molecular complexity index is 1800. The number of amides is 1. The largest absolute Gasteiger partial charge is 0.478 e. The second kappa shape index (κ2) is 15.2. The molecule has 1 aliphatic heterocycles. The molecule has 0 unspecified atom stereocenters. The lowest BCUT2D eigenvalue weighted by Gasteiger charge is -2.36. The number of nitrogens with zero attached hydrogens (tertiary/aromatic N) is 1. The molecule has 9 heteroatoms. The number of benzene rings is 4. The van der Waals surface area contributed by atoms with Gasteiger partial charge in [-0.05, 0) is 64.2 Å². The van der Waals surface area contributed by atoms with Gasteiger partial charge in [0.2, 0.25) is 0 Å². The summed E-state index contributed by atoms with van der Waals surface area (Å²) in [6.45, 7) is 0.347. The lowest BCUT2D eigenvalue weighted by molar-refractivity contribution is -0.245. The Morgan fingerprint density at radius 3 is 2.28 bits per heavy atom. The van der Waals surface area contributed by atoms with Crippen LogP contribution < -0.4 is 5.32 Å². The summed E-state index contributed by atoms with van der Waals surface area (Å²) >= 11 is 1.61. The third-order valence-corrected chi connectivity index (χ3v) is 9.17. The van der Waals surface area contributed by atoms with Gasteiger partial charge in [-0.2, -0.15) is 0 Å². The van der Waals surface area contributed by atoms with E-state index in [1.54, 1.807) is 48.4 Å². The van der Waals surface area contributed by atoms with Gasteiger partial charge < -0.3 is 25.0 Å². The predicted molar refractivity (Wildman–Crippen MR) is 180 cm³/mol. The van der Waals surface area contributed by atoms with Gasteiger partial charge >= 0.3 is 5.97 Å². The third-order valence-electron chi connectivity index (χ3n) is 8.03. The quantitative estimate of drug-likeness (QED) is 0.129. The zero-order valence-electron chi connectivity index (χ0n) is 25.5. The fourth-order valence-electron chi connectivity index (χ4n) is 5.46. The Labute approximate surface area is 277 Å². The van der Waals surface area contributed by atoms with E-state index in [0.717, 1.165) is 38.3 Å². The number of nitrogens with one attached hydrogen (secondary N) is 1. The molecule has 238 valence electrons. The van der Waals surface area contributed by atoms with E-state index in [4.69, 9.17) is 9.47 Å². The summed E-state index contributed by atoms with van der Waals surface area (Å²) in [7, 11) is 0. The second-order valence-corrected chi connectivity index (χ2v) is 12.3. The number of hydrogen-bond donors (Lipinski definition) is 3. The number of rotatable bonds is 11. The molecule has 47 heavy (non-hydrogen) atoms. The first-order chi connectivity index (χ1) is 23.0. The van der Waals surface area contributed by atoms with Crippen LogP contribution in [0.25, 0.3) is 11.1 Å². The van der Waals surface area contributed by atoms with Crippen LogP contribution >= 0.6 is 11.8 Å². The number of hydrogen-bond acceptors (Lipinski definition) is 7. The fourth-order valence-corrected chi connectivity index (χ4v) is 6.38. The zero-order valence-corrected chi connectivity index (χ0v) is 26.3. The summed E-state index contributed by atoms with van der Waals surface area (Å²) in [4.78, 5) is 28.9. The molecule has 0 saturated carbocycles. The summed E-state index contributed by atoms with van der Waals surface area (Å²) in [6, 6.07) is 34.2. The van der Waals surface area contributed by atoms with Gasteiger partial charge in [-0.25, -0.2) is 4.79 Å². The molecule has 2 heterocycles. The Morgan fingerprint density at radius 2 is 1.57 bits per heavy atom. The molecule has 8 nitrogen and oxygen atoms in total. The van der Waals surface area contributed by atoms with Crippen LogP contribution in [-0.2, 0) is 22.6 Å². The van der Waals surface area contributed by atoms with Crippen molar-refractivity contribution in [2.24, 2.45) is 0 Å². The number of carbonyl (C=O) groups excluding carboxylic acids is 1. The van der Waals surface area contributed by atoms with Crippen LogP contribution in [0.3, 0.4) is 0 Å². The SMILES string of the molecule is O=C(O)c1ccc(SC[C@@H]2C[C@H](c3ccc(CO)cc3)O[C@H](c3ccc(-c4ccccc4CNC(=O)c4cccnc4)cc3)O2)cc1. The molecule has 6 rings (SSSR count). The summed E-state index contributed by atoms with van der Waals surface area (Å²) in [5.41, 5.74) is 6.50. The van der Waals surface area contributed by atoms with Crippen molar-refractivity contribution in [2.45, 2.75) is 43.0 Å². The van der Waals surface area contributed by atoms with Crippen molar-refractivity contribution >= 4 is 23.6 Å². The van der Waals surface area contributed by atoms with Gasteiger partial charge in [0.1, 0.15) is 0 Å². The molecule has 0 bridgehead atoms. The van der Waals surface area contributed by atoms with E-state index in [-0.39, 0.29) is 30.3 Å². The molecule has 0 radical (unpaired) electrons. The van der Waals surface area contributed by atoms with E-state index in [9.17, 15) is 19.8 Å². The Kier molecular flexibility index (Phi) is 10.4. The van der Waals surface area contributed by atoms with Gasteiger partial charge in [0, 0.05) is 41.6 Å². The summed E-state index contributed by atoms with van der Waals surface area (Å²) in [5, 5.41) is 21.7. The predicted octanol–water partition coefficient (Wildman–Crippen LogP) is 7.21. The first kappa shape index (κ1) is 32.2. The number of pyridine rings is 1. The number of aliphatic hydroxyl groups is 1. The van der Waals surface area contributed by atoms with Crippen LogP contribution in [0.5, 0.6) is 0 Å². The smallest absolute Gasteiger partial charge is 0.335 e. The molecule has 1 amide bonds. The molecule has 1 aliphatic rings. The number of ether oxygens (including phenoxy) is 2. The number of carboxylic acids is 1. The third kappa shape index (κ3) is 8.14. The Morgan fingerprint density at radius 1 is 0.830 bits per heavy atom. The van der Waals surface area contributed by atoms with Crippen LogP contribution in [0, 0.1) is 0 Å². The molecule has 1 aromatic heterocycles. The lowest BCUT2D eigenvalue weighted by atomic mass is 9.97. The molecule has 3 atom stereocenters. The van der Waals surface area contributed by atoms with Crippen LogP contribution in [-0.4, -0.2) is 38.9 Å². The molecule has 5 aromatic rings. The highest BCUT2D eigenvalue weighted by Gasteiger charge is 2.32. The van der Waals surface area contributed by atoms with Gasteiger partial charge in [0.05, 0.1) is 29.9 Å². The zero-order chi connectivity index (χ0) is 32.6. The molecular weight excluding hydrogens is 612 g/mol. The highest BCUT2D eigenvalue weighted by atomic mass is 32.2. The fraction of sp³-hybridized carbons (Fsp3) is 0.184. The Balaban J connectivity index is 1.18. The van der Waals surface area contributed by atoms with Crippen molar-refractivity contribution < 1.29 is 29.3 Å². The van der Waals surface area contributed by atoms with Crippen molar-refractivity contribution in [2.75, 3.05) is 5.75 Å². The van der Waals surface area contributed by atoms with Gasteiger partial charge in [0.15, 0.2) is 6.29 Å². The van der Waals surface area contributed by atoms with Crippen molar-refractivity contribution in [1.29, 1.82) is 0 Å². The molecule has 0 spiro atoms. The standard InChI is InChI=1S/C38H34N2O6S/c41-23-25-7-9-27(10-8-25)35-20-32(24-47-33-17-15-28(16-18-33)37(43)44)45-38(46-35)29-13-11-26(12-14-29)34-6-2-1-4-30(34)22-40-36(42)31-5-3-19-39-21-31/h1-19,21,32,35,38,41H,20,22-24H2,(H,40,42)(H,43,44)/t32-,35+,38+/m0/s1. The number of aliphatic hydroxyl groups excluding tert-OH is 1. The van der Waals surface area contributed by atoms with Crippen LogP contribution in [0.15, 0.2) is 126 Å². The molecule has 0 aliphatic carbocycles. The summed E-state index contributed by atoms with van der Waals surface area (Å²) in [5.74, 6) is -0.469. The molecule has 3 N–H and O–H groups in total. The molecule has 4 aromatic carbocycles. The number of thioether (sulfide) groups is 1. The van der Waals surface area contributed by atoms with Gasteiger partial charge in [-0.3, -0.25) is 9.78 Å². The van der Waals surface area contributed by atoms with E-state index in [0.29, 0.717) is 24.3 Å². The van der Waals surface area contributed by atoms with Gasteiger partial charge in [0.25, 0.3) is 5.91 Å². The normalized spacial score (nSPS) is 17.6. The minimum absolute atomic E-state index is 0.0240. The van der Waals surface area contributed by atoms with Crippen molar-refractivity contribution in [3.8, 4) is 11.1 Å². The second-order valence-electron chi connectivity index (χ2n) is 11.2. The summed E-state index contributed by atoms with van der Waals surface area (Å²) < 4.78 is 13.0. The highest BCUT2D eigenvalue weighted by Crippen LogP contribution is 2.40. The average molecular weight is 647 g/mol. The maximum Gasteiger partial charge on any atom is 0.335 e. The minimum atomic E-state index is -0.950. The minimum Gasteiger partial charge on any atom is -0.478 e. The highest BCUT2D eigenvalue weighted by molar-refractivity contribution is 7.99. The van der Waals surface area contributed by atoms with Gasteiger partial charge in [-0.15, -0.1) is 11.8 Å². The number of aromatic carboxylic acids is 1. The molecule has 1 fully saturated rings. The number of carboxylic acid groups (broad SMARTS) is 1. The average Bonchev–Trinajstić information content (AvgIpc) is 3.13. The maximum atomic E-state index is 12.6. The molecule has 1 saturated heterocycles. The summed E-state index contributed by atoms with van der Waals surface area (Å²) in [6.07, 6.45) is 2.87. The number of carbonyl (C=O) groups is 2. The first-order valence-electron chi connectivity index (χ1n) is 15.3. The van der Waals surface area contributed by atoms with Crippen molar-refractivity contribution in [1.82, 2.24) is 10.3 Å². The van der Waals surface area contributed by atoms with Crippen LogP contribution in [0.1, 0.15) is 61.8 Å². The lowest BCUT2D eigenvalue weighted by Crippen LogP contribution is -2.31. The van der Waals surface area contributed by atoms with Crippen molar-refractivity contribution in [3.63, 3.8) is 0 Å².